The zero-order chi connectivity index (χ0) is 17.2. The van der Waals surface area contributed by atoms with E-state index in [4.69, 9.17) is 11.5 Å². The van der Waals surface area contributed by atoms with Crippen LogP contribution in [-0.4, -0.2) is 11.9 Å². The number of carbonyl (C=O) groups excluding carboxylic acids is 1. The van der Waals surface area contributed by atoms with E-state index < -0.39 is 23.6 Å². The smallest absolute Gasteiger partial charge is 0.370 e. The molecule has 0 aromatic heterocycles. The van der Waals surface area contributed by atoms with Gasteiger partial charge in [0.25, 0.3) is 5.91 Å². The van der Waals surface area contributed by atoms with Crippen LogP contribution in [0, 0.1) is 0 Å². The highest BCUT2D eigenvalue weighted by Gasteiger charge is 2.35. The van der Waals surface area contributed by atoms with Gasteiger partial charge in [-0.1, -0.05) is 33.8 Å². The van der Waals surface area contributed by atoms with E-state index in [0.29, 0.717) is 5.56 Å². The number of aliphatic imine (C=N–C) groups is 1. The number of rotatable bonds is 3. The lowest BCUT2D eigenvalue weighted by molar-refractivity contribution is -0.138. The number of benzene rings is 1. The van der Waals surface area contributed by atoms with Gasteiger partial charge >= 0.3 is 6.18 Å². The van der Waals surface area contributed by atoms with E-state index in [9.17, 15) is 18.0 Å². The van der Waals surface area contributed by atoms with E-state index in [1.165, 1.54) is 6.07 Å². The summed E-state index contributed by atoms with van der Waals surface area (Å²) in [6.45, 7) is 6.93. The lowest BCUT2D eigenvalue weighted by atomic mass is 9.87. The standard InChI is InChI=1S/C15H20F3N3O/c1-7(2)9-5-10(8(3)4)12(15(16,17)18)6-11(9)13(22)21-14(19)20/h5-8H,1-4H3,(H4,19,20,21,22). The van der Waals surface area contributed by atoms with Gasteiger partial charge in [-0.05, 0) is 29.0 Å². The Bertz CT molecular complexity index is 601. The molecule has 0 fully saturated rings. The van der Waals surface area contributed by atoms with Crippen molar-refractivity contribution in [2.45, 2.75) is 45.7 Å². The molecule has 0 aliphatic carbocycles. The molecule has 0 unspecified atom stereocenters. The maximum atomic E-state index is 13.3. The fourth-order valence-corrected chi connectivity index (χ4v) is 2.20. The van der Waals surface area contributed by atoms with Crippen LogP contribution in [0.15, 0.2) is 17.1 Å². The van der Waals surface area contributed by atoms with Crippen molar-refractivity contribution in [1.82, 2.24) is 0 Å². The van der Waals surface area contributed by atoms with Crippen LogP contribution in [0.2, 0.25) is 0 Å². The zero-order valence-electron chi connectivity index (χ0n) is 13.0. The Balaban J connectivity index is 3.68. The fourth-order valence-electron chi connectivity index (χ4n) is 2.20. The van der Waals surface area contributed by atoms with Gasteiger partial charge in [-0.2, -0.15) is 18.2 Å². The van der Waals surface area contributed by atoms with Crippen molar-refractivity contribution in [3.8, 4) is 0 Å². The lowest BCUT2D eigenvalue weighted by Gasteiger charge is -2.20. The van der Waals surface area contributed by atoms with Gasteiger partial charge in [-0.3, -0.25) is 4.79 Å². The monoisotopic (exact) mass is 315 g/mol. The largest absolute Gasteiger partial charge is 0.416 e. The Morgan fingerprint density at radius 3 is 1.91 bits per heavy atom. The third-order valence-electron chi connectivity index (χ3n) is 3.23. The predicted octanol–water partition coefficient (Wildman–Crippen LogP) is 3.37. The maximum Gasteiger partial charge on any atom is 0.416 e. The first-order valence-corrected chi connectivity index (χ1v) is 6.84. The minimum Gasteiger partial charge on any atom is -0.370 e. The quantitative estimate of drug-likeness (QED) is 0.663. The molecular formula is C15H20F3N3O. The fraction of sp³-hybridized carbons (Fsp3) is 0.467. The van der Waals surface area contributed by atoms with Gasteiger partial charge in [-0.25, -0.2) is 0 Å². The molecule has 1 aromatic rings. The number of guanidine groups is 1. The summed E-state index contributed by atoms with van der Waals surface area (Å²) >= 11 is 0. The predicted molar refractivity (Wildman–Crippen MR) is 79.8 cm³/mol. The summed E-state index contributed by atoms with van der Waals surface area (Å²) < 4.78 is 39.8. The van der Waals surface area contributed by atoms with E-state index >= 15 is 0 Å². The second kappa shape index (κ2) is 6.37. The van der Waals surface area contributed by atoms with Crippen LogP contribution in [0.4, 0.5) is 13.2 Å². The van der Waals surface area contributed by atoms with Gasteiger partial charge in [0, 0.05) is 5.56 Å². The number of alkyl halides is 3. The highest BCUT2D eigenvalue weighted by atomic mass is 19.4. The Kier molecular flexibility index (Phi) is 5.22. The van der Waals surface area contributed by atoms with Crippen LogP contribution < -0.4 is 11.5 Å². The highest BCUT2D eigenvalue weighted by molar-refractivity contribution is 6.03. The van der Waals surface area contributed by atoms with E-state index in [2.05, 4.69) is 4.99 Å². The molecule has 1 amide bonds. The maximum absolute atomic E-state index is 13.3. The first-order valence-electron chi connectivity index (χ1n) is 6.84. The lowest BCUT2D eigenvalue weighted by Crippen LogP contribution is -2.25. The minimum atomic E-state index is -4.55. The van der Waals surface area contributed by atoms with E-state index in [-0.39, 0.29) is 23.0 Å². The first kappa shape index (κ1) is 18.0. The number of carbonyl (C=O) groups is 1. The molecule has 0 atom stereocenters. The van der Waals surface area contributed by atoms with Crippen LogP contribution >= 0.6 is 0 Å². The number of halogens is 3. The van der Waals surface area contributed by atoms with Crippen LogP contribution in [-0.2, 0) is 6.18 Å². The molecule has 0 bridgehead atoms. The van der Waals surface area contributed by atoms with Crippen LogP contribution in [0.3, 0.4) is 0 Å². The third-order valence-corrected chi connectivity index (χ3v) is 3.23. The molecule has 0 saturated heterocycles. The second-order valence-corrected chi connectivity index (χ2v) is 5.68. The summed E-state index contributed by atoms with van der Waals surface area (Å²) in [4.78, 5) is 15.4. The van der Waals surface area contributed by atoms with Crippen molar-refractivity contribution < 1.29 is 18.0 Å². The molecule has 122 valence electrons. The normalized spacial score (nSPS) is 11.9. The highest BCUT2D eigenvalue weighted by Crippen LogP contribution is 2.38. The minimum absolute atomic E-state index is 0.125. The number of amides is 1. The van der Waals surface area contributed by atoms with E-state index in [1.54, 1.807) is 27.7 Å². The van der Waals surface area contributed by atoms with Crippen molar-refractivity contribution in [2.24, 2.45) is 16.5 Å². The van der Waals surface area contributed by atoms with Gasteiger partial charge < -0.3 is 11.5 Å². The molecule has 22 heavy (non-hydrogen) atoms. The SMILES string of the molecule is CC(C)c1cc(C(C)C)c(C(F)(F)F)cc1C(=O)N=C(N)N. The van der Waals surface area contributed by atoms with Crippen molar-refractivity contribution in [1.29, 1.82) is 0 Å². The zero-order valence-corrected chi connectivity index (χ0v) is 13.0. The molecular weight excluding hydrogens is 295 g/mol. The summed E-state index contributed by atoms with van der Waals surface area (Å²) in [5.41, 5.74) is 9.97. The first-order chi connectivity index (χ1) is 9.95. The molecule has 0 radical (unpaired) electrons. The van der Waals surface area contributed by atoms with E-state index in [1.807, 2.05) is 0 Å². The Labute approximate surface area is 127 Å². The summed E-state index contributed by atoms with van der Waals surface area (Å²) in [6.07, 6.45) is -4.55. The number of nitrogens with zero attached hydrogens (tertiary/aromatic N) is 1. The van der Waals surface area contributed by atoms with Crippen LogP contribution in [0.1, 0.15) is 66.6 Å². The molecule has 0 aliphatic heterocycles. The van der Waals surface area contributed by atoms with Gasteiger partial charge in [0.2, 0.25) is 0 Å². The van der Waals surface area contributed by atoms with Gasteiger partial charge in [-0.15, -0.1) is 0 Å². The van der Waals surface area contributed by atoms with Crippen LogP contribution in [0.25, 0.3) is 0 Å². The molecule has 4 nitrogen and oxygen atoms in total. The van der Waals surface area contributed by atoms with Gasteiger partial charge in [0.05, 0.1) is 5.56 Å². The Morgan fingerprint density at radius 2 is 1.55 bits per heavy atom. The molecule has 0 spiro atoms. The van der Waals surface area contributed by atoms with Crippen molar-refractivity contribution in [3.05, 3.63) is 34.4 Å². The molecule has 0 heterocycles. The van der Waals surface area contributed by atoms with Crippen LogP contribution in [0.5, 0.6) is 0 Å². The average molecular weight is 315 g/mol. The summed E-state index contributed by atoms with van der Waals surface area (Å²) in [7, 11) is 0. The van der Waals surface area contributed by atoms with Gasteiger partial charge in [0.15, 0.2) is 5.96 Å². The Morgan fingerprint density at radius 1 is 1.05 bits per heavy atom. The second-order valence-electron chi connectivity index (χ2n) is 5.68. The van der Waals surface area contributed by atoms with E-state index in [0.717, 1.165) is 6.07 Å². The number of hydrogen-bond donors (Lipinski definition) is 2. The molecule has 0 aliphatic rings. The van der Waals surface area contributed by atoms with Gasteiger partial charge in [0.1, 0.15) is 0 Å². The number of nitrogens with two attached hydrogens (primary N) is 2. The molecule has 1 rings (SSSR count). The summed E-state index contributed by atoms with van der Waals surface area (Å²) in [5.74, 6) is -1.83. The molecule has 0 saturated carbocycles. The summed E-state index contributed by atoms with van der Waals surface area (Å²) in [5, 5.41) is 0. The molecule has 1 aromatic carbocycles. The number of hydrogen-bond acceptors (Lipinski definition) is 1. The van der Waals surface area contributed by atoms with Crippen molar-refractivity contribution in [2.75, 3.05) is 0 Å². The van der Waals surface area contributed by atoms with Crippen molar-refractivity contribution in [3.63, 3.8) is 0 Å². The topological polar surface area (TPSA) is 81.5 Å². The summed E-state index contributed by atoms with van der Waals surface area (Å²) in [6, 6.07) is 2.27. The molecule has 7 heteroatoms. The average Bonchev–Trinajstić information content (AvgIpc) is 2.34. The van der Waals surface area contributed by atoms with Crippen molar-refractivity contribution >= 4 is 11.9 Å². The molecule has 4 N–H and O–H groups in total. The third kappa shape index (κ3) is 3.99. The Hall–Kier alpha value is -2.05.